The number of hydrogen-bond acceptors (Lipinski definition) is 4. The van der Waals surface area contributed by atoms with Crippen molar-refractivity contribution in [1.29, 1.82) is 0 Å². The summed E-state index contributed by atoms with van der Waals surface area (Å²) in [7, 11) is 3.68. The molecule has 0 bridgehead atoms. The van der Waals surface area contributed by atoms with Gasteiger partial charge in [0.05, 0.1) is 0 Å². The average Bonchev–Trinajstić information content (AvgIpc) is 3.01. The second-order valence-electron chi connectivity index (χ2n) is 5.72. The Hall–Kier alpha value is -2.37. The molecule has 0 aliphatic carbocycles. The fourth-order valence-corrected chi connectivity index (χ4v) is 2.90. The summed E-state index contributed by atoms with van der Waals surface area (Å²) in [5, 5.41) is 4.20. The van der Waals surface area contributed by atoms with E-state index in [0.29, 0.717) is 5.69 Å². The van der Waals surface area contributed by atoms with E-state index in [1.807, 2.05) is 43.4 Å². The van der Waals surface area contributed by atoms with Crippen LogP contribution in [-0.4, -0.2) is 51.8 Å². The summed E-state index contributed by atoms with van der Waals surface area (Å²) >= 11 is 0. The number of anilines is 1. The smallest absolute Gasteiger partial charge is 0.274 e. The molecule has 3 heterocycles. The zero-order chi connectivity index (χ0) is 15.5. The Balaban J connectivity index is 1.70. The largest absolute Gasteiger partial charge is 0.355 e. The molecule has 3 rings (SSSR count). The quantitative estimate of drug-likeness (QED) is 0.863. The van der Waals surface area contributed by atoms with E-state index in [0.717, 1.165) is 31.7 Å². The third-order valence-electron chi connectivity index (χ3n) is 4.17. The Morgan fingerprint density at radius 2 is 2.23 bits per heavy atom. The van der Waals surface area contributed by atoms with Gasteiger partial charge in [-0.3, -0.25) is 9.48 Å². The third-order valence-corrected chi connectivity index (χ3v) is 4.17. The lowest BCUT2D eigenvalue weighted by Crippen LogP contribution is -2.49. The second-order valence-corrected chi connectivity index (χ2v) is 5.72. The second kappa shape index (κ2) is 6.17. The van der Waals surface area contributed by atoms with E-state index in [-0.39, 0.29) is 11.9 Å². The van der Waals surface area contributed by atoms with Gasteiger partial charge in [0.2, 0.25) is 0 Å². The number of rotatable bonds is 3. The van der Waals surface area contributed by atoms with Crippen molar-refractivity contribution >= 4 is 11.7 Å². The molecule has 1 saturated heterocycles. The van der Waals surface area contributed by atoms with E-state index < -0.39 is 0 Å². The van der Waals surface area contributed by atoms with Crippen LogP contribution in [0.3, 0.4) is 0 Å². The topological polar surface area (TPSA) is 54.3 Å². The minimum absolute atomic E-state index is 0.0199. The van der Waals surface area contributed by atoms with Crippen LogP contribution in [0.25, 0.3) is 0 Å². The van der Waals surface area contributed by atoms with Crippen molar-refractivity contribution in [3.05, 3.63) is 42.4 Å². The SMILES string of the molecule is CN(C(=O)c1ccn(C)n1)[C@H]1CCCN(c2ccccn2)C1. The third kappa shape index (κ3) is 2.95. The predicted octanol–water partition coefficient (Wildman–Crippen LogP) is 1.56. The molecule has 6 heteroatoms. The molecule has 1 aliphatic rings. The van der Waals surface area contributed by atoms with Gasteiger partial charge in [-0.15, -0.1) is 0 Å². The van der Waals surface area contributed by atoms with Gasteiger partial charge in [-0.2, -0.15) is 5.10 Å². The normalized spacial score (nSPS) is 18.3. The maximum absolute atomic E-state index is 12.5. The zero-order valence-electron chi connectivity index (χ0n) is 13.0. The first-order valence-electron chi connectivity index (χ1n) is 7.58. The van der Waals surface area contributed by atoms with Gasteiger partial charge in [-0.05, 0) is 31.0 Å². The van der Waals surface area contributed by atoms with Gasteiger partial charge in [0.1, 0.15) is 11.5 Å². The molecule has 1 amide bonds. The van der Waals surface area contributed by atoms with Crippen LogP contribution in [0.15, 0.2) is 36.7 Å². The number of amides is 1. The predicted molar refractivity (Wildman–Crippen MR) is 84.8 cm³/mol. The van der Waals surface area contributed by atoms with Crippen LogP contribution in [0.1, 0.15) is 23.3 Å². The van der Waals surface area contributed by atoms with Gasteiger partial charge in [0.15, 0.2) is 0 Å². The van der Waals surface area contributed by atoms with Crippen LogP contribution in [0, 0.1) is 0 Å². The molecule has 0 aromatic carbocycles. The molecule has 2 aromatic rings. The Labute approximate surface area is 130 Å². The van der Waals surface area contributed by atoms with Gasteiger partial charge in [0, 0.05) is 45.6 Å². The summed E-state index contributed by atoms with van der Waals surface area (Å²) in [5.41, 5.74) is 0.500. The molecule has 1 atom stereocenters. The first-order chi connectivity index (χ1) is 10.6. The first kappa shape index (κ1) is 14.6. The lowest BCUT2D eigenvalue weighted by atomic mass is 10.0. The summed E-state index contributed by atoms with van der Waals surface area (Å²) in [6.07, 6.45) is 5.67. The molecular weight excluding hydrogens is 278 g/mol. The van der Waals surface area contributed by atoms with Crippen molar-refractivity contribution in [3.8, 4) is 0 Å². The van der Waals surface area contributed by atoms with E-state index >= 15 is 0 Å². The highest BCUT2D eigenvalue weighted by Gasteiger charge is 2.28. The Kier molecular flexibility index (Phi) is 4.09. The number of carbonyl (C=O) groups is 1. The Morgan fingerprint density at radius 3 is 2.91 bits per heavy atom. The van der Waals surface area contributed by atoms with Gasteiger partial charge in [-0.25, -0.2) is 4.98 Å². The van der Waals surface area contributed by atoms with Gasteiger partial charge < -0.3 is 9.80 Å². The summed E-state index contributed by atoms with van der Waals surface area (Å²) in [6, 6.07) is 7.88. The summed E-state index contributed by atoms with van der Waals surface area (Å²) in [6.45, 7) is 1.80. The van der Waals surface area contributed by atoms with Crippen molar-refractivity contribution in [3.63, 3.8) is 0 Å². The molecule has 2 aromatic heterocycles. The number of nitrogens with zero attached hydrogens (tertiary/aromatic N) is 5. The number of hydrogen-bond donors (Lipinski definition) is 0. The molecular formula is C16H21N5O. The number of carbonyl (C=O) groups excluding carboxylic acids is 1. The molecule has 0 radical (unpaired) electrons. The van der Waals surface area contributed by atoms with Gasteiger partial charge in [-0.1, -0.05) is 6.07 Å². The van der Waals surface area contributed by atoms with Gasteiger partial charge >= 0.3 is 0 Å². The monoisotopic (exact) mass is 299 g/mol. The van der Waals surface area contributed by atoms with Crippen molar-refractivity contribution in [2.45, 2.75) is 18.9 Å². The molecule has 6 nitrogen and oxygen atoms in total. The highest BCUT2D eigenvalue weighted by molar-refractivity contribution is 5.92. The van der Waals surface area contributed by atoms with Crippen LogP contribution >= 0.6 is 0 Å². The fraction of sp³-hybridized carbons (Fsp3) is 0.438. The molecule has 1 aliphatic heterocycles. The van der Waals surface area contributed by atoms with E-state index in [1.165, 1.54) is 0 Å². The summed E-state index contributed by atoms with van der Waals surface area (Å²) in [5.74, 6) is 0.958. The fourth-order valence-electron chi connectivity index (χ4n) is 2.90. The average molecular weight is 299 g/mol. The number of aryl methyl sites for hydroxylation is 1. The van der Waals surface area contributed by atoms with Crippen LogP contribution in [0.5, 0.6) is 0 Å². The number of pyridine rings is 1. The summed E-state index contributed by atoms with van der Waals surface area (Å²) < 4.78 is 1.65. The highest BCUT2D eigenvalue weighted by Crippen LogP contribution is 2.20. The minimum atomic E-state index is -0.0199. The van der Waals surface area contributed by atoms with Crippen LogP contribution in [0.4, 0.5) is 5.82 Å². The van der Waals surface area contributed by atoms with Crippen molar-refractivity contribution < 1.29 is 4.79 Å². The molecule has 1 fully saturated rings. The molecule has 22 heavy (non-hydrogen) atoms. The van der Waals surface area contributed by atoms with E-state index in [2.05, 4.69) is 15.0 Å². The van der Waals surface area contributed by atoms with Crippen LogP contribution in [0.2, 0.25) is 0 Å². The van der Waals surface area contributed by atoms with Gasteiger partial charge in [0.25, 0.3) is 5.91 Å². The maximum Gasteiger partial charge on any atom is 0.274 e. The van der Waals surface area contributed by atoms with Crippen molar-refractivity contribution in [1.82, 2.24) is 19.7 Å². The molecule has 0 unspecified atom stereocenters. The van der Waals surface area contributed by atoms with Crippen molar-refractivity contribution in [2.24, 2.45) is 7.05 Å². The number of likely N-dealkylation sites (N-methyl/N-ethyl adjacent to an activating group) is 1. The number of aromatic nitrogens is 3. The van der Waals surface area contributed by atoms with Crippen molar-refractivity contribution in [2.75, 3.05) is 25.0 Å². The number of piperidine rings is 1. The van der Waals surface area contributed by atoms with E-state index in [4.69, 9.17) is 0 Å². The first-order valence-corrected chi connectivity index (χ1v) is 7.58. The lowest BCUT2D eigenvalue weighted by molar-refractivity contribution is 0.0710. The molecule has 0 spiro atoms. The maximum atomic E-state index is 12.5. The highest BCUT2D eigenvalue weighted by atomic mass is 16.2. The Morgan fingerprint density at radius 1 is 1.36 bits per heavy atom. The molecule has 116 valence electrons. The lowest BCUT2D eigenvalue weighted by Gasteiger charge is -2.38. The van der Waals surface area contributed by atoms with E-state index in [9.17, 15) is 4.79 Å². The molecule has 0 saturated carbocycles. The zero-order valence-corrected chi connectivity index (χ0v) is 13.0. The van der Waals surface area contributed by atoms with Crippen LogP contribution < -0.4 is 4.90 Å². The molecule has 0 N–H and O–H groups in total. The van der Waals surface area contributed by atoms with Crippen LogP contribution in [-0.2, 0) is 7.05 Å². The van der Waals surface area contributed by atoms with E-state index in [1.54, 1.807) is 16.9 Å². The minimum Gasteiger partial charge on any atom is -0.355 e. The standard InChI is InChI=1S/C16H21N5O/c1-19-11-8-14(18-19)16(22)20(2)13-6-5-10-21(12-13)15-7-3-4-9-17-15/h3-4,7-9,11,13H,5-6,10,12H2,1-2H3/t13-/m0/s1. The Bertz CT molecular complexity index is 639. The summed E-state index contributed by atoms with van der Waals surface area (Å²) in [4.78, 5) is 21.0.